The van der Waals surface area contributed by atoms with Crippen LogP contribution in [0.4, 0.5) is 0 Å². The van der Waals surface area contributed by atoms with Gasteiger partial charge in [0, 0.05) is 60.1 Å². The molecule has 2 aromatic heterocycles. The van der Waals surface area contributed by atoms with Gasteiger partial charge in [-0.05, 0) is 36.4 Å². The summed E-state index contributed by atoms with van der Waals surface area (Å²) in [7, 11) is 0. The fraction of sp³-hybridized carbons (Fsp3) is 0.308. The number of benzene rings is 2. The van der Waals surface area contributed by atoms with Gasteiger partial charge in [-0.25, -0.2) is 9.59 Å². The van der Waals surface area contributed by atoms with Crippen molar-refractivity contribution in [2.45, 2.75) is 6.54 Å². The number of ether oxygens (including phenoxy) is 2. The second-order valence-electron chi connectivity index (χ2n) is 8.81. The van der Waals surface area contributed by atoms with Crippen molar-refractivity contribution in [1.82, 2.24) is 9.80 Å². The molecule has 1 fully saturated rings. The van der Waals surface area contributed by atoms with Gasteiger partial charge in [0.1, 0.15) is 23.6 Å². The fourth-order valence-electron chi connectivity index (χ4n) is 4.74. The van der Waals surface area contributed by atoms with Crippen LogP contribution in [0.2, 0.25) is 5.02 Å². The predicted octanol–water partition coefficient (Wildman–Crippen LogP) is 3.70. The van der Waals surface area contributed by atoms with E-state index in [1.54, 1.807) is 24.3 Å². The minimum Gasteiger partial charge on any atom is -0.478 e. The number of fused-ring (bicyclic) bond motifs is 4. The summed E-state index contributed by atoms with van der Waals surface area (Å²) in [6, 6.07) is 11.7. The van der Waals surface area contributed by atoms with Crippen LogP contribution in [0, 0.1) is 0 Å². The summed E-state index contributed by atoms with van der Waals surface area (Å²) in [6.07, 6.45) is 0. The number of nitrogens with zero attached hydrogens (tertiary/aromatic N) is 2. The van der Waals surface area contributed by atoms with Crippen molar-refractivity contribution in [3.8, 4) is 16.9 Å². The van der Waals surface area contributed by atoms with Crippen LogP contribution < -0.4 is 16.0 Å². The lowest BCUT2D eigenvalue weighted by Crippen LogP contribution is -2.43. The van der Waals surface area contributed by atoms with Gasteiger partial charge < -0.3 is 18.3 Å². The molecule has 0 radical (unpaired) electrons. The van der Waals surface area contributed by atoms with Crippen LogP contribution in [0.3, 0.4) is 0 Å². The minimum atomic E-state index is -0.545. The third-order valence-electron chi connectivity index (χ3n) is 6.58. The third kappa shape index (κ3) is 4.34. The van der Waals surface area contributed by atoms with Gasteiger partial charge in [0.25, 0.3) is 0 Å². The van der Waals surface area contributed by atoms with E-state index in [9.17, 15) is 9.59 Å². The van der Waals surface area contributed by atoms with Gasteiger partial charge >= 0.3 is 11.3 Å². The maximum absolute atomic E-state index is 12.9. The maximum Gasteiger partial charge on any atom is 0.344 e. The molecule has 0 atom stereocenters. The standard InChI is InChI=1S/C26H23ClN2O6/c27-17-1-3-22-16(11-17)12-20(26(31)34-22)19-13-24(30)35-25-18(19)2-4-23-21(25)14-29(15-33-23)6-5-28-7-9-32-10-8-28/h1-4,11-13H,5-10,14-15H2. The lowest BCUT2D eigenvalue weighted by atomic mass is 9.99. The van der Waals surface area contributed by atoms with E-state index in [1.165, 1.54) is 6.07 Å². The van der Waals surface area contributed by atoms with Crippen LogP contribution in [0.15, 0.2) is 60.9 Å². The summed E-state index contributed by atoms with van der Waals surface area (Å²) in [6.45, 7) is 6.11. The normalized spacial score (nSPS) is 16.9. The summed E-state index contributed by atoms with van der Waals surface area (Å²) in [4.78, 5) is 30.0. The van der Waals surface area contributed by atoms with E-state index in [1.807, 2.05) is 12.1 Å². The van der Waals surface area contributed by atoms with Crippen molar-refractivity contribution in [2.24, 2.45) is 0 Å². The molecular formula is C26H23ClN2O6. The van der Waals surface area contributed by atoms with Gasteiger partial charge in [0.05, 0.1) is 24.3 Å². The number of morpholine rings is 1. The van der Waals surface area contributed by atoms with E-state index in [0.29, 0.717) is 51.5 Å². The molecule has 35 heavy (non-hydrogen) atoms. The van der Waals surface area contributed by atoms with E-state index in [2.05, 4.69) is 9.80 Å². The van der Waals surface area contributed by atoms with Gasteiger partial charge in [0.2, 0.25) is 0 Å². The third-order valence-corrected chi connectivity index (χ3v) is 6.81. The molecule has 0 N–H and O–H groups in total. The fourth-order valence-corrected chi connectivity index (χ4v) is 4.92. The second-order valence-corrected chi connectivity index (χ2v) is 9.24. The molecule has 0 amide bonds. The number of halogens is 1. The van der Waals surface area contributed by atoms with E-state index < -0.39 is 11.3 Å². The topological polar surface area (TPSA) is 85.4 Å². The Labute approximate surface area is 205 Å². The Morgan fingerprint density at radius 2 is 1.71 bits per heavy atom. The van der Waals surface area contributed by atoms with Crippen LogP contribution in [0.25, 0.3) is 33.1 Å². The summed E-state index contributed by atoms with van der Waals surface area (Å²) in [5.41, 5.74) is 1.30. The van der Waals surface area contributed by atoms with Crippen LogP contribution in [0.1, 0.15) is 5.56 Å². The largest absolute Gasteiger partial charge is 0.478 e. The quantitative estimate of drug-likeness (QED) is 0.397. The van der Waals surface area contributed by atoms with Crippen molar-refractivity contribution >= 4 is 33.5 Å². The summed E-state index contributed by atoms with van der Waals surface area (Å²) in [5, 5.41) is 1.85. The summed E-state index contributed by atoms with van der Waals surface area (Å²) >= 11 is 6.13. The van der Waals surface area contributed by atoms with E-state index in [4.69, 9.17) is 29.9 Å². The molecule has 1 saturated heterocycles. The Balaban J connectivity index is 1.39. The van der Waals surface area contributed by atoms with E-state index in [0.717, 1.165) is 45.0 Å². The average Bonchev–Trinajstić information content (AvgIpc) is 2.87. The van der Waals surface area contributed by atoms with Gasteiger partial charge in [-0.1, -0.05) is 11.6 Å². The SMILES string of the molecule is O=c1cc(-c2cc3cc(Cl)ccc3oc2=O)c2ccc3c(c2o1)CN(CCN1CCOCC1)CO3. The first-order valence-electron chi connectivity index (χ1n) is 11.5. The molecule has 0 spiro atoms. The molecular weight excluding hydrogens is 472 g/mol. The van der Waals surface area contributed by atoms with Crippen molar-refractivity contribution in [3.05, 3.63) is 73.9 Å². The first-order valence-corrected chi connectivity index (χ1v) is 11.9. The van der Waals surface area contributed by atoms with Crippen LogP contribution >= 0.6 is 11.6 Å². The van der Waals surface area contributed by atoms with Crippen molar-refractivity contribution in [1.29, 1.82) is 0 Å². The van der Waals surface area contributed by atoms with Gasteiger partial charge in [-0.15, -0.1) is 0 Å². The molecule has 6 rings (SSSR count). The van der Waals surface area contributed by atoms with Crippen LogP contribution in [-0.4, -0.2) is 55.9 Å². The van der Waals surface area contributed by atoms with Crippen molar-refractivity contribution in [2.75, 3.05) is 46.1 Å². The zero-order chi connectivity index (χ0) is 23.9. The second kappa shape index (κ2) is 9.13. The Morgan fingerprint density at radius 1 is 0.886 bits per heavy atom. The maximum atomic E-state index is 12.9. The Morgan fingerprint density at radius 3 is 2.57 bits per heavy atom. The lowest BCUT2D eigenvalue weighted by Gasteiger charge is -2.32. The first-order chi connectivity index (χ1) is 17.0. The zero-order valence-corrected chi connectivity index (χ0v) is 19.7. The van der Waals surface area contributed by atoms with E-state index in [-0.39, 0.29) is 5.56 Å². The molecule has 2 aromatic carbocycles. The first kappa shape index (κ1) is 22.3. The molecule has 0 bridgehead atoms. The molecule has 8 nitrogen and oxygen atoms in total. The van der Waals surface area contributed by atoms with E-state index >= 15 is 0 Å². The monoisotopic (exact) mass is 494 g/mol. The van der Waals surface area contributed by atoms with Crippen LogP contribution in [-0.2, 0) is 11.3 Å². The van der Waals surface area contributed by atoms with Crippen molar-refractivity contribution < 1.29 is 18.3 Å². The Bertz CT molecular complexity index is 1540. The Kier molecular flexibility index (Phi) is 5.82. The molecule has 180 valence electrons. The highest BCUT2D eigenvalue weighted by Gasteiger charge is 2.24. The summed E-state index contributed by atoms with van der Waals surface area (Å²) < 4.78 is 22.6. The van der Waals surface area contributed by atoms with Gasteiger partial charge in [-0.3, -0.25) is 9.80 Å². The number of hydrogen-bond acceptors (Lipinski definition) is 8. The zero-order valence-electron chi connectivity index (χ0n) is 18.9. The molecule has 0 aliphatic carbocycles. The highest BCUT2D eigenvalue weighted by atomic mass is 35.5. The predicted molar refractivity (Wildman–Crippen MR) is 132 cm³/mol. The molecule has 4 heterocycles. The number of rotatable bonds is 4. The number of hydrogen-bond donors (Lipinski definition) is 0. The summed E-state index contributed by atoms with van der Waals surface area (Å²) in [5.74, 6) is 0.678. The highest BCUT2D eigenvalue weighted by Crippen LogP contribution is 2.36. The lowest BCUT2D eigenvalue weighted by molar-refractivity contribution is 0.0241. The average molecular weight is 495 g/mol. The molecule has 4 aromatic rings. The van der Waals surface area contributed by atoms with Gasteiger partial charge in [0.15, 0.2) is 0 Å². The van der Waals surface area contributed by atoms with Gasteiger partial charge in [-0.2, -0.15) is 0 Å². The van der Waals surface area contributed by atoms with Crippen molar-refractivity contribution in [3.63, 3.8) is 0 Å². The minimum absolute atomic E-state index is 0.276. The smallest absolute Gasteiger partial charge is 0.344 e. The Hall–Kier alpha value is -3.17. The molecule has 9 heteroatoms. The highest BCUT2D eigenvalue weighted by molar-refractivity contribution is 6.31. The molecule has 0 unspecified atom stereocenters. The molecule has 2 aliphatic rings. The molecule has 0 saturated carbocycles. The molecule has 2 aliphatic heterocycles. The van der Waals surface area contributed by atoms with Crippen LogP contribution in [0.5, 0.6) is 5.75 Å².